The standard InChI is InChI=1S/C22H24N4/c1-17-5-2-7-19(13-17)21-22(25-11-10-24-21)20-8-4-12-26(16-20)15-18-6-3-9-23-14-18/h2-3,5-7,9-11,13-14,20H,4,8,12,15-16H2,1H3. The highest BCUT2D eigenvalue weighted by Crippen LogP contribution is 2.32. The molecule has 0 amide bonds. The Bertz CT molecular complexity index is 863. The molecule has 1 atom stereocenters. The molecule has 0 radical (unpaired) electrons. The summed E-state index contributed by atoms with van der Waals surface area (Å²) in [6.07, 6.45) is 9.78. The van der Waals surface area contributed by atoms with Gasteiger partial charge in [0, 0.05) is 49.4 Å². The first-order valence-electron chi connectivity index (χ1n) is 9.29. The van der Waals surface area contributed by atoms with Crippen molar-refractivity contribution in [2.75, 3.05) is 13.1 Å². The van der Waals surface area contributed by atoms with E-state index in [1.807, 2.05) is 24.7 Å². The van der Waals surface area contributed by atoms with Crippen molar-refractivity contribution in [1.82, 2.24) is 19.9 Å². The zero-order chi connectivity index (χ0) is 17.8. The third kappa shape index (κ3) is 3.81. The molecule has 0 aliphatic carbocycles. The molecule has 0 bridgehead atoms. The van der Waals surface area contributed by atoms with Gasteiger partial charge >= 0.3 is 0 Å². The highest BCUT2D eigenvalue weighted by molar-refractivity contribution is 5.63. The lowest BCUT2D eigenvalue weighted by atomic mass is 9.91. The summed E-state index contributed by atoms with van der Waals surface area (Å²) in [4.78, 5) is 16.2. The van der Waals surface area contributed by atoms with Crippen LogP contribution in [0.15, 0.2) is 61.2 Å². The molecular formula is C22H24N4. The van der Waals surface area contributed by atoms with Gasteiger partial charge in [-0.2, -0.15) is 0 Å². The van der Waals surface area contributed by atoms with Gasteiger partial charge in [-0.15, -0.1) is 0 Å². The van der Waals surface area contributed by atoms with Crippen molar-refractivity contribution in [3.8, 4) is 11.3 Å². The lowest BCUT2D eigenvalue weighted by Gasteiger charge is -2.33. The van der Waals surface area contributed by atoms with Crippen LogP contribution in [-0.2, 0) is 6.54 Å². The van der Waals surface area contributed by atoms with E-state index in [-0.39, 0.29) is 0 Å². The molecule has 0 N–H and O–H groups in total. The lowest BCUT2D eigenvalue weighted by molar-refractivity contribution is 0.198. The number of nitrogens with zero attached hydrogens (tertiary/aromatic N) is 4. The number of pyridine rings is 1. The van der Waals surface area contributed by atoms with Gasteiger partial charge in [-0.05, 0) is 44.0 Å². The Kier molecular flexibility index (Phi) is 5.02. The molecule has 4 nitrogen and oxygen atoms in total. The van der Waals surface area contributed by atoms with E-state index in [0.717, 1.165) is 36.6 Å². The summed E-state index contributed by atoms with van der Waals surface area (Å²) < 4.78 is 0. The van der Waals surface area contributed by atoms with Gasteiger partial charge < -0.3 is 0 Å². The number of aryl methyl sites for hydroxylation is 1. The van der Waals surface area contributed by atoms with Crippen molar-refractivity contribution in [1.29, 1.82) is 0 Å². The van der Waals surface area contributed by atoms with Crippen LogP contribution < -0.4 is 0 Å². The summed E-state index contributed by atoms with van der Waals surface area (Å²) in [6, 6.07) is 12.7. The molecule has 1 saturated heterocycles. The first kappa shape index (κ1) is 16.9. The minimum Gasteiger partial charge on any atom is -0.298 e. The number of hydrogen-bond donors (Lipinski definition) is 0. The van der Waals surface area contributed by atoms with Gasteiger partial charge in [0.15, 0.2) is 0 Å². The Morgan fingerprint density at radius 2 is 2.00 bits per heavy atom. The van der Waals surface area contributed by atoms with Gasteiger partial charge in [0.1, 0.15) is 0 Å². The largest absolute Gasteiger partial charge is 0.298 e. The molecule has 4 rings (SSSR count). The zero-order valence-electron chi connectivity index (χ0n) is 15.2. The molecule has 1 aromatic carbocycles. The van der Waals surface area contributed by atoms with E-state index in [0.29, 0.717) is 5.92 Å². The first-order valence-corrected chi connectivity index (χ1v) is 9.29. The number of aromatic nitrogens is 3. The van der Waals surface area contributed by atoms with Gasteiger partial charge in [-0.3, -0.25) is 19.9 Å². The molecule has 1 aliphatic heterocycles. The minimum absolute atomic E-state index is 0.421. The first-order chi connectivity index (χ1) is 12.8. The van der Waals surface area contributed by atoms with Crippen LogP contribution in [0.4, 0.5) is 0 Å². The quantitative estimate of drug-likeness (QED) is 0.710. The maximum Gasteiger partial charge on any atom is 0.0920 e. The smallest absolute Gasteiger partial charge is 0.0920 e. The molecule has 3 aromatic rings. The van der Waals surface area contributed by atoms with Crippen molar-refractivity contribution in [3.05, 3.63) is 78.0 Å². The fourth-order valence-corrected chi connectivity index (χ4v) is 3.83. The van der Waals surface area contributed by atoms with Crippen molar-refractivity contribution >= 4 is 0 Å². The molecule has 3 heterocycles. The second-order valence-electron chi connectivity index (χ2n) is 7.10. The second kappa shape index (κ2) is 7.75. The molecule has 0 spiro atoms. The molecule has 1 fully saturated rings. The Labute approximate surface area is 155 Å². The topological polar surface area (TPSA) is 41.9 Å². The summed E-state index contributed by atoms with van der Waals surface area (Å²) in [5, 5.41) is 0. The summed E-state index contributed by atoms with van der Waals surface area (Å²) in [7, 11) is 0. The van der Waals surface area contributed by atoms with Crippen LogP contribution in [0.1, 0.15) is 35.6 Å². The zero-order valence-corrected chi connectivity index (χ0v) is 15.2. The van der Waals surface area contributed by atoms with E-state index < -0.39 is 0 Å². The SMILES string of the molecule is Cc1cccc(-c2nccnc2C2CCCN(Cc3cccnc3)C2)c1. The Morgan fingerprint density at radius 3 is 2.85 bits per heavy atom. The van der Waals surface area contributed by atoms with Crippen LogP contribution in [0.3, 0.4) is 0 Å². The normalized spacial score (nSPS) is 18.0. The van der Waals surface area contributed by atoms with Gasteiger partial charge in [-0.25, -0.2) is 0 Å². The van der Waals surface area contributed by atoms with Crippen LogP contribution in [0, 0.1) is 6.92 Å². The molecule has 1 aliphatic rings. The van der Waals surface area contributed by atoms with Crippen LogP contribution in [-0.4, -0.2) is 32.9 Å². The van der Waals surface area contributed by atoms with E-state index in [2.05, 4.69) is 52.1 Å². The summed E-state index contributed by atoms with van der Waals surface area (Å²) in [5.74, 6) is 0.421. The van der Waals surface area contributed by atoms with Crippen LogP contribution in [0.25, 0.3) is 11.3 Å². The number of piperidine rings is 1. The van der Waals surface area contributed by atoms with E-state index in [1.54, 1.807) is 6.20 Å². The highest BCUT2D eigenvalue weighted by Gasteiger charge is 2.25. The van der Waals surface area contributed by atoms with Crippen LogP contribution in [0.2, 0.25) is 0 Å². The Morgan fingerprint density at radius 1 is 1.08 bits per heavy atom. The van der Waals surface area contributed by atoms with E-state index in [1.165, 1.54) is 24.0 Å². The maximum atomic E-state index is 4.75. The summed E-state index contributed by atoms with van der Waals surface area (Å²) in [5.41, 5.74) is 5.85. The predicted octanol–water partition coefficient (Wildman–Crippen LogP) is 4.23. The molecule has 2 aromatic heterocycles. The number of benzene rings is 1. The van der Waals surface area contributed by atoms with Gasteiger partial charge in [-0.1, -0.05) is 29.8 Å². The van der Waals surface area contributed by atoms with Crippen molar-refractivity contribution in [3.63, 3.8) is 0 Å². The monoisotopic (exact) mass is 344 g/mol. The Balaban J connectivity index is 1.57. The fourth-order valence-electron chi connectivity index (χ4n) is 3.83. The van der Waals surface area contributed by atoms with Gasteiger partial charge in [0.2, 0.25) is 0 Å². The van der Waals surface area contributed by atoms with E-state index in [9.17, 15) is 0 Å². The molecule has 0 saturated carbocycles. The molecule has 1 unspecified atom stereocenters. The second-order valence-corrected chi connectivity index (χ2v) is 7.10. The van der Waals surface area contributed by atoms with Gasteiger partial charge in [0.05, 0.1) is 11.4 Å². The van der Waals surface area contributed by atoms with Crippen molar-refractivity contribution in [2.45, 2.75) is 32.2 Å². The molecule has 132 valence electrons. The number of hydrogen-bond acceptors (Lipinski definition) is 4. The Hall–Kier alpha value is -2.59. The molecule has 4 heteroatoms. The van der Waals surface area contributed by atoms with Crippen LogP contribution in [0.5, 0.6) is 0 Å². The average Bonchev–Trinajstić information content (AvgIpc) is 2.69. The van der Waals surface area contributed by atoms with E-state index in [4.69, 9.17) is 4.98 Å². The lowest BCUT2D eigenvalue weighted by Crippen LogP contribution is -2.34. The summed E-state index contributed by atoms with van der Waals surface area (Å²) in [6.45, 7) is 5.22. The third-order valence-electron chi connectivity index (χ3n) is 5.04. The fraction of sp³-hybridized carbons (Fsp3) is 0.318. The summed E-state index contributed by atoms with van der Waals surface area (Å²) >= 11 is 0. The number of likely N-dealkylation sites (tertiary alicyclic amines) is 1. The molecular weight excluding hydrogens is 320 g/mol. The maximum absolute atomic E-state index is 4.75. The van der Waals surface area contributed by atoms with E-state index >= 15 is 0 Å². The highest BCUT2D eigenvalue weighted by atomic mass is 15.1. The van der Waals surface area contributed by atoms with Gasteiger partial charge in [0.25, 0.3) is 0 Å². The minimum atomic E-state index is 0.421. The third-order valence-corrected chi connectivity index (χ3v) is 5.04. The van der Waals surface area contributed by atoms with Crippen molar-refractivity contribution < 1.29 is 0 Å². The average molecular weight is 344 g/mol. The predicted molar refractivity (Wildman–Crippen MR) is 104 cm³/mol. The number of rotatable bonds is 4. The molecule has 26 heavy (non-hydrogen) atoms. The van der Waals surface area contributed by atoms with Crippen LogP contribution >= 0.6 is 0 Å². The van der Waals surface area contributed by atoms with Crippen molar-refractivity contribution in [2.24, 2.45) is 0 Å².